The highest BCUT2D eigenvalue weighted by molar-refractivity contribution is 5.42. The van der Waals surface area contributed by atoms with Crippen LogP contribution in [0.25, 0.3) is 0 Å². The normalized spacial score (nSPS) is 26.1. The highest BCUT2D eigenvalue weighted by Gasteiger charge is 2.39. The van der Waals surface area contributed by atoms with Gasteiger partial charge in [-0.05, 0) is 86.8 Å². The van der Waals surface area contributed by atoms with Gasteiger partial charge in [-0.3, -0.25) is 0 Å². The number of ether oxygens (including phenoxy) is 1. The van der Waals surface area contributed by atoms with Crippen LogP contribution in [0.15, 0.2) is 18.2 Å². The molecule has 1 aromatic carbocycles. The molecule has 0 aromatic heterocycles. The molecule has 25 heavy (non-hydrogen) atoms. The first-order valence-corrected chi connectivity index (χ1v) is 10.6. The molecule has 0 bridgehead atoms. The first kappa shape index (κ1) is 18.8. The van der Waals surface area contributed by atoms with Gasteiger partial charge in [0.05, 0.1) is 12.7 Å². The van der Waals surface area contributed by atoms with E-state index in [9.17, 15) is 5.11 Å². The van der Waals surface area contributed by atoms with Gasteiger partial charge in [-0.15, -0.1) is 0 Å². The third-order valence-electron chi connectivity index (χ3n) is 6.58. The van der Waals surface area contributed by atoms with E-state index in [1.165, 1.54) is 62.5 Å². The van der Waals surface area contributed by atoms with Gasteiger partial charge in [0.2, 0.25) is 0 Å². The molecule has 2 nitrogen and oxygen atoms in total. The van der Waals surface area contributed by atoms with Crippen LogP contribution in [0.2, 0.25) is 0 Å². The van der Waals surface area contributed by atoms with Crippen LogP contribution in [0.3, 0.4) is 0 Å². The van der Waals surface area contributed by atoms with Gasteiger partial charge < -0.3 is 9.84 Å². The van der Waals surface area contributed by atoms with Gasteiger partial charge in [-0.25, -0.2) is 0 Å². The van der Waals surface area contributed by atoms with Crippen molar-refractivity contribution in [2.24, 2.45) is 17.8 Å². The fourth-order valence-corrected chi connectivity index (χ4v) is 5.21. The van der Waals surface area contributed by atoms with Gasteiger partial charge in [0.15, 0.2) is 0 Å². The van der Waals surface area contributed by atoms with Crippen molar-refractivity contribution < 1.29 is 9.84 Å². The summed E-state index contributed by atoms with van der Waals surface area (Å²) in [6, 6.07) is 6.61. The van der Waals surface area contributed by atoms with Crippen molar-refractivity contribution in [3.63, 3.8) is 0 Å². The number of aliphatic hydroxyl groups is 1. The molecular weight excluding hydrogens is 308 g/mol. The summed E-state index contributed by atoms with van der Waals surface area (Å²) in [5, 5.41) is 10.3. The van der Waals surface area contributed by atoms with E-state index in [-0.39, 0.29) is 6.10 Å². The lowest BCUT2D eigenvalue weighted by Crippen LogP contribution is -2.26. The SMILES string of the molecule is CCCCC[C@H](O)CC[C@H]1CC[C@@H]2Cc3c(cccc3OCC)C[C@H]12. The number of hydrogen-bond acceptors (Lipinski definition) is 2. The second kappa shape index (κ2) is 9.07. The molecule has 2 aliphatic rings. The van der Waals surface area contributed by atoms with Gasteiger partial charge in [-0.1, -0.05) is 38.3 Å². The van der Waals surface area contributed by atoms with Crippen molar-refractivity contribution in [2.45, 2.75) is 84.2 Å². The predicted molar refractivity (Wildman–Crippen MR) is 104 cm³/mol. The van der Waals surface area contributed by atoms with Crippen LogP contribution in [0.4, 0.5) is 0 Å². The maximum absolute atomic E-state index is 10.3. The predicted octanol–water partition coefficient (Wildman–Crippen LogP) is 5.55. The van der Waals surface area contributed by atoms with Gasteiger partial charge in [0.1, 0.15) is 5.75 Å². The fourth-order valence-electron chi connectivity index (χ4n) is 5.21. The lowest BCUT2D eigenvalue weighted by atomic mass is 9.73. The molecule has 0 unspecified atom stereocenters. The van der Waals surface area contributed by atoms with E-state index >= 15 is 0 Å². The maximum atomic E-state index is 10.3. The van der Waals surface area contributed by atoms with Crippen molar-refractivity contribution in [3.8, 4) is 5.75 Å². The van der Waals surface area contributed by atoms with E-state index in [1.807, 2.05) is 0 Å². The molecule has 0 saturated heterocycles. The van der Waals surface area contributed by atoms with Crippen LogP contribution < -0.4 is 4.74 Å². The Bertz CT molecular complexity index is 539. The molecule has 0 heterocycles. The fraction of sp³-hybridized carbons (Fsp3) is 0.739. The van der Waals surface area contributed by atoms with Crippen LogP contribution in [0.1, 0.15) is 76.3 Å². The molecule has 3 rings (SSSR count). The van der Waals surface area contributed by atoms with Gasteiger partial charge in [0.25, 0.3) is 0 Å². The topological polar surface area (TPSA) is 29.5 Å². The molecule has 0 aliphatic heterocycles. The van der Waals surface area contributed by atoms with Crippen LogP contribution in [0.5, 0.6) is 5.75 Å². The Morgan fingerprint density at radius 3 is 2.80 bits per heavy atom. The number of benzene rings is 1. The Balaban J connectivity index is 1.56. The smallest absolute Gasteiger partial charge is 0.122 e. The van der Waals surface area contributed by atoms with Gasteiger partial charge in [0, 0.05) is 0 Å². The van der Waals surface area contributed by atoms with Crippen LogP contribution >= 0.6 is 0 Å². The minimum Gasteiger partial charge on any atom is -0.494 e. The number of fused-ring (bicyclic) bond motifs is 2. The quantitative estimate of drug-likeness (QED) is 0.595. The summed E-state index contributed by atoms with van der Waals surface area (Å²) in [6.07, 6.45) is 12.0. The Labute approximate surface area is 154 Å². The number of rotatable bonds is 9. The summed E-state index contributed by atoms with van der Waals surface area (Å²) in [4.78, 5) is 0. The van der Waals surface area contributed by atoms with Crippen molar-refractivity contribution in [1.82, 2.24) is 0 Å². The van der Waals surface area contributed by atoms with Crippen molar-refractivity contribution in [3.05, 3.63) is 29.3 Å². The molecule has 1 fully saturated rings. The van der Waals surface area contributed by atoms with Crippen molar-refractivity contribution in [1.29, 1.82) is 0 Å². The zero-order valence-electron chi connectivity index (χ0n) is 16.2. The Hall–Kier alpha value is -1.02. The zero-order valence-corrected chi connectivity index (χ0v) is 16.2. The van der Waals surface area contributed by atoms with E-state index in [2.05, 4.69) is 32.0 Å². The average molecular weight is 345 g/mol. The number of hydrogen-bond donors (Lipinski definition) is 1. The maximum Gasteiger partial charge on any atom is 0.122 e. The molecule has 140 valence electrons. The third-order valence-corrected chi connectivity index (χ3v) is 6.58. The second-order valence-corrected chi connectivity index (χ2v) is 8.22. The number of aliphatic hydroxyl groups excluding tert-OH is 1. The Morgan fingerprint density at radius 1 is 1.12 bits per heavy atom. The second-order valence-electron chi connectivity index (χ2n) is 8.22. The summed E-state index contributed by atoms with van der Waals surface area (Å²) in [5.74, 6) is 3.59. The summed E-state index contributed by atoms with van der Waals surface area (Å²) in [6.45, 7) is 5.05. The number of unbranched alkanes of at least 4 members (excludes halogenated alkanes) is 2. The largest absolute Gasteiger partial charge is 0.494 e. The highest BCUT2D eigenvalue weighted by Crippen LogP contribution is 2.48. The molecule has 1 N–H and O–H groups in total. The van der Waals surface area contributed by atoms with E-state index in [0.29, 0.717) is 0 Å². The van der Waals surface area contributed by atoms with E-state index in [4.69, 9.17) is 4.74 Å². The standard InChI is InChI=1S/C23H36O2/c1-3-5-6-9-20(24)14-13-17-11-12-19-16-22-18(15-21(17)19)8-7-10-23(22)25-4-2/h7-8,10,17,19-21,24H,3-6,9,11-16H2,1-2H3/t17-,19-,20+,21-/m1/s1. The highest BCUT2D eigenvalue weighted by atomic mass is 16.5. The molecule has 0 amide bonds. The van der Waals surface area contributed by atoms with Gasteiger partial charge in [-0.2, -0.15) is 0 Å². The van der Waals surface area contributed by atoms with E-state index in [1.54, 1.807) is 0 Å². The third kappa shape index (κ3) is 4.58. The first-order valence-electron chi connectivity index (χ1n) is 10.6. The van der Waals surface area contributed by atoms with Crippen LogP contribution in [-0.4, -0.2) is 17.8 Å². The summed E-state index contributed by atoms with van der Waals surface area (Å²) in [7, 11) is 0. The molecule has 2 heteroatoms. The minimum atomic E-state index is -0.0777. The lowest BCUT2D eigenvalue weighted by molar-refractivity contribution is 0.134. The van der Waals surface area contributed by atoms with E-state index < -0.39 is 0 Å². The van der Waals surface area contributed by atoms with Crippen molar-refractivity contribution in [2.75, 3.05) is 6.61 Å². The molecule has 0 spiro atoms. The van der Waals surface area contributed by atoms with Gasteiger partial charge >= 0.3 is 0 Å². The molecule has 4 atom stereocenters. The summed E-state index contributed by atoms with van der Waals surface area (Å²) < 4.78 is 5.87. The monoisotopic (exact) mass is 344 g/mol. The molecule has 0 radical (unpaired) electrons. The Morgan fingerprint density at radius 2 is 2.00 bits per heavy atom. The van der Waals surface area contributed by atoms with Crippen molar-refractivity contribution >= 4 is 0 Å². The lowest BCUT2D eigenvalue weighted by Gasteiger charge is -2.32. The molecule has 2 aliphatic carbocycles. The molecule has 1 saturated carbocycles. The minimum absolute atomic E-state index is 0.0777. The van der Waals surface area contributed by atoms with E-state index in [0.717, 1.165) is 43.0 Å². The Kier molecular flexibility index (Phi) is 6.81. The molecule has 1 aromatic rings. The molecular formula is C23H36O2. The van der Waals surface area contributed by atoms with Crippen LogP contribution in [-0.2, 0) is 12.8 Å². The van der Waals surface area contributed by atoms with Crippen LogP contribution in [0, 0.1) is 17.8 Å². The first-order chi connectivity index (χ1) is 12.2. The zero-order chi connectivity index (χ0) is 17.6. The summed E-state index contributed by atoms with van der Waals surface area (Å²) in [5.41, 5.74) is 2.99. The average Bonchev–Trinajstić information content (AvgIpc) is 3.01. The summed E-state index contributed by atoms with van der Waals surface area (Å²) >= 11 is 0.